The molecule has 0 aromatic rings. The van der Waals surface area contributed by atoms with Gasteiger partial charge in [-0.3, -0.25) is 0 Å². The smallest absolute Gasteiger partial charge is 0.338 e. The van der Waals surface area contributed by atoms with Gasteiger partial charge in [0.1, 0.15) is 0 Å². The van der Waals surface area contributed by atoms with Crippen molar-refractivity contribution < 1.29 is 18.4 Å². The molecule has 0 atom stereocenters. The predicted octanol–water partition coefficient (Wildman–Crippen LogP) is 3.81. The fourth-order valence-electron chi connectivity index (χ4n) is 1.57. The Hall–Kier alpha value is -0.653. The molecule has 0 aliphatic heterocycles. The highest BCUT2D eigenvalue weighted by atomic mass is 28.4. The summed E-state index contributed by atoms with van der Waals surface area (Å²) in [7, 11) is -2.21. The van der Waals surface area contributed by atoms with E-state index in [0.717, 1.165) is 38.9 Å². The summed E-state index contributed by atoms with van der Waals surface area (Å²) in [4.78, 5) is 11.3. The second-order valence-electron chi connectivity index (χ2n) is 4.96. The molecule has 0 rings (SSSR count). The van der Waals surface area contributed by atoms with Gasteiger partial charge in [0.05, 0.1) is 6.61 Å². The maximum Gasteiger partial charge on any atom is 0.338 e. The first-order valence-corrected chi connectivity index (χ1v) is 10.2. The maximum absolute atomic E-state index is 11.3. The summed E-state index contributed by atoms with van der Waals surface area (Å²) in [5, 5.41) is 0. The van der Waals surface area contributed by atoms with Crippen molar-refractivity contribution in [3.63, 3.8) is 0 Å². The van der Waals surface area contributed by atoms with Gasteiger partial charge in [-0.15, -0.1) is 0 Å². The lowest BCUT2D eigenvalue weighted by atomic mass is 10.4. The van der Waals surface area contributed by atoms with Crippen LogP contribution in [0.3, 0.4) is 0 Å². The molecule has 0 aromatic heterocycles. The Labute approximate surface area is 124 Å². The number of esters is 1. The van der Waals surface area contributed by atoms with Gasteiger partial charge < -0.3 is 13.6 Å². The van der Waals surface area contributed by atoms with Crippen LogP contribution >= 0.6 is 0 Å². The maximum atomic E-state index is 11.3. The quantitative estimate of drug-likeness (QED) is 0.238. The van der Waals surface area contributed by atoms with Crippen LogP contribution in [0.4, 0.5) is 0 Å². The molecule has 0 saturated carbocycles. The van der Waals surface area contributed by atoms with Crippen LogP contribution in [-0.4, -0.2) is 34.4 Å². The third-order valence-corrected chi connectivity index (χ3v) is 5.66. The largest absolute Gasteiger partial charge is 0.463 e. The van der Waals surface area contributed by atoms with Crippen molar-refractivity contribution >= 4 is 14.5 Å². The van der Waals surface area contributed by atoms with E-state index in [4.69, 9.17) is 13.6 Å². The summed E-state index contributed by atoms with van der Waals surface area (Å²) < 4.78 is 17.1. The lowest BCUT2D eigenvalue weighted by Crippen LogP contribution is -2.40. The average Bonchev–Trinajstić information content (AvgIpc) is 2.40. The zero-order valence-corrected chi connectivity index (χ0v) is 14.4. The van der Waals surface area contributed by atoms with E-state index in [0.29, 0.717) is 12.7 Å². The number of ether oxygens (including phenoxy) is 1. The van der Waals surface area contributed by atoms with Gasteiger partial charge in [0.15, 0.2) is 0 Å². The summed E-state index contributed by atoms with van der Waals surface area (Å²) in [6, 6.07) is 0.684. The molecule has 0 unspecified atom stereocenters. The molecule has 0 saturated heterocycles. The third kappa shape index (κ3) is 10.2. The minimum absolute atomic E-state index is 0.300. The Morgan fingerprint density at radius 1 is 1.05 bits per heavy atom. The van der Waals surface area contributed by atoms with Crippen molar-refractivity contribution in [1.82, 2.24) is 0 Å². The highest BCUT2D eigenvalue weighted by Crippen LogP contribution is 2.15. The van der Waals surface area contributed by atoms with E-state index < -0.39 is 8.56 Å². The number of carbonyl (C=O) groups excluding carboxylic acids is 1. The number of rotatable bonds is 12. The highest BCUT2D eigenvalue weighted by molar-refractivity contribution is 6.66. The Morgan fingerprint density at radius 2 is 1.60 bits per heavy atom. The zero-order valence-electron chi connectivity index (χ0n) is 13.4. The van der Waals surface area contributed by atoms with Crippen LogP contribution in [0.25, 0.3) is 0 Å². The van der Waals surface area contributed by atoms with Gasteiger partial charge in [-0.05, 0) is 26.3 Å². The molecule has 0 aliphatic rings. The molecule has 0 spiro atoms. The lowest BCUT2D eigenvalue weighted by molar-refractivity contribution is -0.137. The van der Waals surface area contributed by atoms with Crippen molar-refractivity contribution in [2.75, 3.05) is 19.8 Å². The molecule has 0 fully saturated rings. The summed E-state index contributed by atoms with van der Waals surface area (Å²) in [5.74, 6) is -0.300. The van der Waals surface area contributed by atoms with Crippen molar-refractivity contribution in [3.05, 3.63) is 12.2 Å². The van der Waals surface area contributed by atoms with Gasteiger partial charge in [-0.2, -0.15) is 0 Å². The van der Waals surface area contributed by atoms with Gasteiger partial charge in [0.25, 0.3) is 0 Å². The van der Waals surface area contributed by atoms with Crippen LogP contribution in [0.2, 0.25) is 12.6 Å². The van der Waals surface area contributed by atoms with Crippen LogP contribution in [-0.2, 0) is 18.4 Å². The van der Waals surface area contributed by atoms with E-state index in [1.807, 2.05) is 0 Å². The molecule has 118 valence electrons. The van der Waals surface area contributed by atoms with Crippen LogP contribution in [0.1, 0.15) is 46.5 Å². The van der Waals surface area contributed by atoms with E-state index in [2.05, 4.69) is 20.4 Å². The minimum Gasteiger partial charge on any atom is -0.463 e. The minimum atomic E-state index is -2.21. The van der Waals surface area contributed by atoms with Gasteiger partial charge in [-0.25, -0.2) is 4.79 Å². The molecule has 0 amide bonds. The lowest BCUT2D eigenvalue weighted by Gasteiger charge is -2.27. The van der Waals surface area contributed by atoms with Crippen molar-refractivity contribution in [2.24, 2.45) is 0 Å². The molecular formula is C15H30O4Si. The third-order valence-electron chi connectivity index (χ3n) is 2.91. The number of allylic oxidation sites excluding steroid dienone is 1. The SMILES string of the molecule is CC=CC(=O)OCC[Si](C)(OCCCC)OCCCC. The second-order valence-corrected chi connectivity index (χ2v) is 8.30. The summed E-state index contributed by atoms with van der Waals surface area (Å²) >= 11 is 0. The number of hydrogen-bond acceptors (Lipinski definition) is 4. The highest BCUT2D eigenvalue weighted by Gasteiger charge is 2.31. The monoisotopic (exact) mass is 302 g/mol. The molecule has 0 N–H and O–H groups in total. The number of unbranched alkanes of at least 4 members (excludes halogenated alkanes) is 2. The molecule has 0 aliphatic carbocycles. The van der Waals surface area contributed by atoms with Gasteiger partial charge in [0.2, 0.25) is 0 Å². The van der Waals surface area contributed by atoms with Gasteiger partial charge in [0, 0.05) is 25.3 Å². The molecule has 0 bridgehead atoms. The van der Waals surface area contributed by atoms with Crippen LogP contribution in [0.5, 0.6) is 0 Å². The van der Waals surface area contributed by atoms with Crippen molar-refractivity contribution in [2.45, 2.75) is 59.0 Å². The average molecular weight is 302 g/mol. The van der Waals surface area contributed by atoms with E-state index in [1.165, 1.54) is 6.08 Å². The Morgan fingerprint density at radius 3 is 2.05 bits per heavy atom. The summed E-state index contributed by atoms with van der Waals surface area (Å²) in [5.41, 5.74) is 0. The van der Waals surface area contributed by atoms with E-state index in [9.17, 15) is 4.79 Å². The van der Waals surface area contributed by atoms with E-state index in [-0.39, 0.29) is 5.97 Å². The van der Waals surface area contributed by atoms with E-state index >= 15 is 0 Å². The standard InChI is InChI=1S/C15H30O4Si/c1-5-8-11-18-20(4,19-12-9-6-2)14-13-17-15(16)10-7-3/h7,10H,5-6,8-9,11-14H2,1-4H3. The van der Waals surface area contributed by atoms with Crippen LogP contribution in [0, 0.1) is 0 Å². The molecule has 5 heteroatoms. The Bertz CT molecular complexity index is 269. The van der Waals surface area contributed by atoms with Crippen LogP contribution < -0.4 is 0 Å². The molecule has 0 aromatic carbocycles. The van der Waals surface area contributed by atoms with Crippen LogP contribution in [0.15, 0.2) is 12.2 Å². The second kappa shape index (κ2) is 12.1. The molecule has 20 heavy (non-hydrogen) atoms. The molecule has 0 radical (unpaired) electrons. The zero-order chi connectivity index (χ0) is 15.3. The summed E-state index contributed by atoms with van der Waals surface area (Å²) in [6.07, 6.45) is 7.39. The van der Waals surface area contributed by atoms with Crippen molar-refractivity contribution in [3.8, 4) is 0 Å². The van der Waals surface area contributed by atoms with Gasteiger partial charge in [-0.1, -0.05) is 32.8 Å². The van der Waals surface area contributed by atoms with Gasteiger partial charge >= 0.3 is 14.5 Å². The normalized spacial score (nSPS) is 12.0. The number of carbonyl (C=O) groups is 1. The first-order valence-electron chi connectivity index (χ1n) is 7.65. The van der Waals surface area contributed by atoms with Crippen molar-refractivity contribution in [1.29, 1.82) is 0 Å². The first kappa shape index (κ1) is 19.3. The first-order chi connectivity index (χ1) is 9.58. The predicted molar refractivity (Wildman–Crippen MR) is 83.9 cm³/mol. The molecular weight excluding hydrogens is 272 g/mol. The fraction of sp³-hybridized carbons (Fsp3) is 0.800. The molecule has 4 nitrogen and oxygen atoms in total. The Balaban J connectivity index is 4.17. The Kier molecular flexibility index (Phi) is 11.7. The number of hydrogen-bond donors (Lipinski definition) is 0. The van der Waals surface area contributed by atoms with E-state index in [1.54, 1.807) is 13.0 Å². The fourth-order valence-corrected chi connectivity index (χ4v) is 3.57. The summed E-state index contributed by atoms with van der Waals surface area (Å²) in [6.45, 7) is 9.95. The topological polar surface area (TPSA) is 44.8 Å². The molecule has 0 heterocycles.